The Morgan fingerprint density at radius 1 is 1.17 bits per heavy atom. The van der Waals surface area contributed by atoms with E-state index >= 15 is 0 Å². The molecule has 2 N–H and O–H groups in total. The van der Waals surface area contributed by atoms with Crippen molar-refractivity contribution in [3.05, 3.63) is 89.5 Å². The molecule has 0 bridgehead atoms. The van der Waals surface area contributed by atoms with E-state index in [0.717, 1.165) is 5.69 Å². The number of benzene rings is 1. The number of imidazole rings is 1. The lowest BCUT2D eigenvalue weighted by Crippen LogP contribution is -2.32. The molecule has 1 fully saturated rings. The lowest BCUT2D eigenvalue weighted by atomic mass is 9.98. The van der Waals surface area contributed by atoms with Gasteiger partial charge in [0.15, 0.2) is 0 Å². The summed E-state index contributed by atoms with van der Waals surface area (Å²) in [5.74, 6) is -2.35. The summed E-state index contributed by atoms with van der Waals surface area (Å²) in [7, 11) is 0. The van der Waals surface area contributed by atoms with E-state index < -0.39 is 23.5 Å². The number of ketones is 1. The van der Waals surface area contributed by atoms with Gasteiger partial charge in [-0.1, -0.05) is 6.07 Å². The Morgan fingerprint density at radius 3 is 2.62 bits per heavy atom. The maximum absolute atomic E-state index is 13.3. The van der Waals surface area contributed by atoms with Gasteiger partial charge in [-0.2, -0.15) is 0 Å². The van der Waals surface area contributed by atoms with Crippen LogP contribution in [0.2, 0.25) is 0 Å². The van der Waals surface area contributed by atoms with E-state index in [-0.39, 0.29) is 23.4 Å². The molecule has 0 spiro atoms. The Kier molecular flexibility index (Phi) is 4.90. The minimum absolute atomic E-state index is 0.0649. The molecule has 1 aliphatic rings. The summed E-state index contributed by atoms with van der Waals surface area (Å²) in [6.45, 7) is 0.230. The van der Waals surface area contributed by atoms with Crippen molar-refractivity contribution in [3.8, 4) is 0 Å². The number of aromatic amines is 1. The summed E-state index contributed by atoms with van der Waals surface area (Å²) in [6.07, 6.45) is 5.19. The van der Waals surface area contributed by atoms with E-state index in [2.05, 4.69) is 15.0 Å². The van der Waals surface area contributed by atoms with Gasteiger partial charge in [-0.3, -0.25) is 14.6 Å². The highest BCUT2D eigenvalue weighted by Gasteiger charge is 2.46. The van der Waals surface area contributed by atoms with Gasteiger partial charge in [-0.05, 0) is 36.4 Å². The molecular weight excluding hydrogens is 375 g/mol. The number of Topliss-reactive ketones (excluding diaryl/α,β-unsaturated/α-hetero) is 1. The maximum Gasteiger partial charge on any atom is 0.295 e. The fourth-order valence-electron chi connectivity index (χ4n) is 3.38. The molecule has 1 atom stereocenters. The maximum atomic E-state index is 13.3. The summed E-state index contributed by atoms with van der Waals surface area (Å²) in [6, 6.07) is 9.39. The monoisotopic (exact) mass is 392 g/mol. The number of carbonyl (C=O) groups is 2. The minimum Gasteiger partial charge on any atom is -0.507 e. The second-order valence-corrected chi connectivity index (χ2v) is 6.58. The predicted molar refractivity (Wildman–Crippen MR) is 102 cm³/mol. The average Bonchev–Trinajstić information content (AvgIpc) is 3.34. The largest absolute Gasteiger partial charge is 0.507 e. The molecule has 3 heterocycles. The van der Waals surface area contributed by atoms with E-state index in [1.54, 1.807) is 30.6 Å². The van der Waals surface area contributed by atoms with Crippen molar-refractivity contribution >= 4 is 17.4 Å². The molecular formula is C21H17FN4O3. The Morgan fingerprint density at radius 2 is 1.97 bits per heavy atom. The van der Waals surface area contributed by atoms with E-state index in [4.69, 9.17) is 0 Å². The van der Waals surface area contributed by atoms with Gasteiger partial charge in [0.05, 0.1) is 17.6 Å². The lowest BCUT2D eigenvalue weighted by molar-refractivity contribution is -0.139. The van der Waals surface area contributed by atoms with Crippen molar-refractivity contribution in [3.63, 3.8) is 0 Å². The van der Waals surface area contributed by atoms with Crippen LogP contribution in [0, 0.1) is 5.82 Å². The first-order chi connectivity index (χ1) is 14.1. The highest BCUT2D eigenvalue weighted by Crippen LogP contribution is 2.38. The number of hydrogen-bond acceptors (Lipinski definition) is 5. The van der Waals surface area contributed by atoms with Crippen LogP contribution in [0.1, 0.15) is 23.0 Å². The van der Waals surface area contributed by atoms with E-state index in [9.17, 15) is 19.1 Å². The Bertz CT molecular complexity index is 1060. The number of pyridine rings is 1. The van der Waals surface area contributed by atoms with Crippen LogP contribution < -0.4 is 0 Å². The lowest BCUT2D eigenvalue weighted by Gasteiger charge is -2.24. The molecule has 1 amide bonds. The number of aromatic nitrogens is 3. The Labute approximate surface area is 165 Å². The molecule has 1 aromatic carbocycles. The number of carbonyl (C=O) groups excluding carboxylic acids is 2. The molecule has 7 nitrogen and oxygen atoms in total. The molecule has 0 saturated carbocycles. The number of likely N-dealkylation sites (tertiary alicyclic amines) is 1. The molecule has 3 aromatic rings. The predicted octanol–water partition coefficient (Wildman–Crippen LogP) is 2.61. The van der Waals surface area contributed by atoms with Gasteiger partial charge in [0, 0.05) is 36.6 Å². The van der Waals surface area contributed by atoms with Gasteiger partial charge in [0.2, 0.25) is 0 Å². The molecule has 146 valence electrons. The van der Waals surface area contributed by atoms with Crippen molar-refractivity contribution in [1.29, 1.82) is 0 Å². The molecule has 4 rings (SSSR count). The average molecular weight is 392 g/mol. The first-order valence-electron chi connectivity index (χ1n) is 8.99. The fourth-order valence-corrected chi connectivity index (χ4v) is 3.38. The van der Waals surface area contributed by atoms with Gasteiger partial charge in [-0.25, -0.2) is 9.37 Å². The number of aliphatic hydroxyl groups is 1. The third-order valence-corrected chi connectivity index (χ3v) is 4.80. The van der Waals surface area contributed by atoms with Crippen LogP contribution in [-0.2, 0) is 16.0 Å². The first-order valence-corrected chi connectivity index (χ1v) is 8.99. The van der Waals surface area contributed by atoms with E-state index in [0.29, 0.717) is 12.1 Å². The van der Waals surface area contributed by atoms with Gasteiger partial charge in [-0.15, -0.1) is 0 Å². The standard InChI is InChI=1S/C21H17FN4O3/c22-14-6-4-13(5-7-14)19(27)17-18(16-3-1-2-9-24-16)26(21(29)20(17)28)10-8-15-11-23-12-25-15/h1-7,9,11-12,18,27H,8,10H2,(H,23,25)/b19-17-. The normalized spacial score (nSPS) is 18.4. The molecule has 2 aromatic heterocycles. The van der Waals surface area contributed by atoms with Crippen molar-refractivity contribution in [2.45, 2.75) is 12.5 Å². The van der Waals surface area contributed by atoms with Crippen LogP contribution in [0.4, 0.5) is 4.39 Å². The zero-order valence-electron chi connectivity index (χ0n) is 15.2. The molecule has 1 saturated heterocycles. The number of halogens is 1. The second-order valence-electron chi connectivity index (χ2n) is 6.58. The Hall–Kier alpha value is -3.81. The SMILES string of the molecule is O=C1C(=O)N(CCc2cnc[nH]2)C(c2ccccn2)/C1=C(/O)c1ccc(F)cc1. The fraction of sp³-hybridized carbons (Fsp3) is 0.143. The summed E-state index contributed by atoms with van der Waals surface area (Å²) in [5, 5.41) is 10.8. The molecule has 0 aliphatic carbocycles. The van der Waals surface area contributed by atoms with Crippen molar-refractivity contribution in [1.82, 2.24) is 19.9 Å². The highest BCUT2D eigenvalue weighted by atomic mass is 19.1. The minimum atomic E-state index is -0.843. The van der Waals surface area contributed by atoms with Gasteiger partial charge >= 0.3 is 0 Å². The number of nitrogens with one attached hydrogen (secondary N) is 1. The van der Waals surface area contributed by atoms with Crippen LogP contribution in [0.5, 0.6) is 0 Å². The molecule has 29 heavy (non-hydrogen) atoms. The van der Waals surface area contributed by atoms with E-state index in [1.807, 2.05) is 0 Å². The number of amides is 1. The Balaban J connectivity index is 1.78. The van der Waals surface area contributed by atoms with Crippen LogP contribution in [0.15, 0.2) is 66.8 Å². The second kappa shape index (κ2) is 7.67. The number of hydrogen-bond donors (Lipinski definition) is 2. The van der Waals surface area contributed by atoms with E-state index in [1.165, 1.54) is 35.5 Å². The summed E-state index contributed by atoms with van der Waals surface area (Å²) < 4.78 is 13.3. The highest BCUT2D eigenvalue weighted by molar-refractivity contribution is 6.46. The zero-order chi connectivity index (χ0) is 20.4. The molecule has 0 radical (unpaired) electrons. The topological polar surface area (TPSA) is 99.2 Å². The number of aliphatic hydroxyl groups excluding tert-OH is 1. The third kappa shape index (κ3) is 3.52. The zero-order valence-corrected chi connectivity index (χ0v) is 15.2. The summed E-state index contributed by atoms with van der Waals surface area (Å²) >= 11 is 0. The third-order valence-electron chi connectivity index (χ3n) is 4.80. The van der Waals surface area contributed by atoms with Gasteiger partial charge in [0.1, 0.15) is 17.6 Å². The molecule has 1 aliphatic heterocycles. The van der Waals surface area contributed by atoms with Crippen LogP contribution in [-0.4, -0.2) is 43.2 Å². The van der Waals surface area contributed by atoms with Crippen LogP contribution in [0.3, 0.4) is 0 Å². The summed E-state index contributed by atoms with van der Waals surface area (Å²) in [4.78, 5) is 38.2. The first kappa shape index (κ1) is 18.5. The quantitative estimate of drug-likeness (QED) is 0.395. The number of rotatable bonds is 5. The molecule has 8 heteroatoms. The van der Waals surface area contributed by atoms with Crippen molar-refractivity contribution < 1.29 is 19.1 Å². The smallest absolute Gasteiger partial charge is 0.295 e. The van der Waals surface area contributed by atoms with Crippen molar-refractivity contribution in [2.24, 2.45) is 0 Å². The van der Waals surface area contributed by atoms with Crippen LogP contribution in [0.25, 0.3) is 5.76 Å². The number of nitrogens with zero attached hydrogens (tertiary/aromatic N) is 3. The van der Waals surface area contributed by atoms with Gasteiger partial charge in [0.25, 0.3) is 11.7 Å². The number of H-pyrrole nitrogens is 1. The van der Waals surface area contributed by atoms with Crippen molar-refractivity contribution in [2.75, 3.05) is 6.54 Å². The van der Waals surface area contributed by atoms with Crippen LogP contribution >= 0.6 is 0 Å². The molecule has 1 unspecified atom stereocenters. The van der Waals surface area contributed by atoms with Gasteiger partial charge < -0.3 is 15.0 Å². The summed E-state index contributed by atoms with van der Waals surface area (Å²) in [5.41, 5.74) is 1.45.